The van der Waals surface area contributed by atoms with Gasteiger partial charge in [-0.25, -0.2) is 17.7 Å². The van der Waals surface area contributed by atoms with Gasteiger partial charge >= 0.3 is 0 Å². The molecule has 0 spiro atoms. The third kappa shape index (κ3) is 5.36. The van der Waals surface area contributed by atoms with Gasteiger partial charge in [-0.2, -0.15) is 0 Å². The largest absolute Gasteiger partial charge is 0.325 e. The van der Waals surface area contributed by atoms with Gasteiger partial charge < -0.3 is 5.32 Å². The van der Waals surface area contributed by atoms with E-state index in [0.29, 0.717) is 10.8 Å². The number of anilines is 1. The molecule has 3 rings (SSSR count). The van der Waals surface area contributed by atoms with E-state index in [4.69, 9.17) is 0 Å². The first-order valence-electron chi connectivity index (χ1n) is 9.66. The van der Waals surface area contributed by atoms with Crippen LogP contribution in [0.2, 0.25) is 0 Å². The van der Waals surface area contributed by atoms with Crippen LogP contribution >= 0.6 is 11.8 Å². The Morgan fingerprint density at radius 2 is 1.77 bits per heavy atom. The predicted molar refractivity (Wildman–Crippen MR) is 124 cm³/mol. The fourth-order valence-electron chi connectivity index (χ4n) is 3.11. The number of sulfonamides is 1. The Morgan fingerprint density at radius 3 is 2.42 bits per heavy atom. The standard InChI is InChI=1S/C22H26N4O3S2/c1-15-10-16(2)12-18(11-15)26-9-8-23-22(26)30-14-21(27)24-20-13-19(7-6-17(20)3)31(28,29)25(4)5/h6-13H,14H2,1-5H3,(H,24,27). The third-order valence-electron chi connectivity index (χ3n) is 4.69. The number of benzene rings is 2. The summed E-state index contributed by atoms with van der Waals surface area (Å²) in [7, 11) is -0.631. The van der Waals surface area contributed by atoms with Crippen LogP contribution < -0.4 is 5.32 Å². The van der Waals surface area contributed by atoms with Crippen molar-refractivity contribution in [3.05, 3.63) is 65.5 Å². The lowest BCUT2D eigenvalue weighted by atomic mass is 10.1. The number of imidazole rings is 1. The van der Waals surface area contributed by atoms with E-state index >= 15 is 0 Å². The summed E-state index contributed by atoms with van der Waals surface area (Å²) in [6.45, 7) is 5.91. The zero-order chi connectivity index (χ0) is 22.8. The number of nitrogens with zero attached hydrogens (tertiary/aromatic N) is 3. The number of rotatable bonds is 7. The SMILES string of the molecule is Cc1cc(C)cc(-n2ccnc2SCC(=O)Nc2cc(S(=O)(=O)N(C)C)ccc2C)c1. The van der Waals surface area contributed by atoms with Crippen LogP contribution in [0.15, 0.2) is 58.8 Å². The second-order valence-corrected chi connectivity index (χ2v) is 10.6. The minimum Gasteiger partial charge on any atom is -0.325 e. The van der Waals surface area contributed by atoms with Crippen molar-refractivity contribution in [1.82, 2.24) is 13.9 Å². The highest BCUT2D eigenvalue weighted by Gasteiger charge is 2.19. The molecule has 0 unspecified atom stereocenters. The van der Waals surface area contributed by atoms with Crippen LogP contribution in [0.5, 0.6) is 0 Å². The summed E-state index contributed by atoms with van der Waals surface area (Å²) in [6, 6.07) is 11.0. The summed E-state index contributed by atoms with van der Waals surface area (Å²) in [4.78, 5) is 17.1. The van der Waals surface area contributed by atoms with E-state index in [0.717, 1.165) is 26.7 Å². The Balaban J connectivity index is 1.73. The van der Waals surface area contributed by atoms with E-state index in [2.05, 4.69) is 28.5 Å². The Kier molecular flexibility index (Phi) is 6.88. The molecule has 0 aliphatic heterocycles. The van der Waals surface area contributed by atoms with E-state index in [1.807, 2.05) is 31.5 Å². The molecule has 164 valence electrons. The predicted octanol–water partition coefficient (Wildman–Crippen LogP) is 3.78. The lowest BCUT2D eigenvalue weighted by Gasteiger charge is -2.14. The van der Waals surface area contributed by atoms with Crippen molar-refractivity contribution in [3.63, 3.8) is 0 Å². The smallest absolute Gasteiger partial charge is 0.242 e. The van der Waals surface area contributed by atoms with Crippen LogP contribution in [-0.2, 0) is 14.8 Å². The van der Waals surface area contributed by atoms with Gasteiger partial charge in [0.25, 0.3) is 0 Å². The van der Waals surface area contributed by atoms with Crippen LogP contribution in [0, 0.1) is 20.8 Å². The van der Waals surface area contributed by atoms with Gasteiger partial charge in [-0.15, -0.1) is 0 Å². The number of carbonyl (C=O) groups is 1. The molecule has 0 radical (unpaired) electrons. The van der Waals surface area contributed by atoms with Gasteiger partial charge in [-0.1, -0.05) is 23.9 Å². The number of hydrogen-bond acceptors (Lipinski definition) is 5. The summed E-state index contributed by atoms with van der Waals surface area (Å²) in [5, 5.41) is 3.53. The molecule has 2 aromatic carbocycles. The minimum atomic E-state index is -3.58. The zero-order valence-electron chi connectivity index (χ0n) is 18.2. The molecule has 0 atom stereocenters. The number of aromatic nitrogens is 2. The van der Waals surface area contributed by atoms with E-state index in [-0.39, 0.29) is 16.6 Å². The first-order chi connectivity index (χ1) is 14.6. The molecule has 0 aliphatic carbocycles. The molecule has 31 heavy (non-hydrogen) atoms. The summed E-state index contributed by atoms with van der Waals surface area (Å²) < 4.78 is 27.9. The first kappa shape index (κ1) is 23.1. The van der Waals surface area contributed by atoms with Crippen molar-refractivity contribution >= 4 is 33.4 Å². The number of hydrogen-bond donors (Lipinski definition) is 1. The van der Waals surface area contributed by atoms with Crippen molar-refractivity contribution in [2.45, 2.75) is 30.8 Å². The Hall–Kier alpha value is -2.62. The van der Waals surface area contributed by atoms with Crippen LogP contribution in [0.4, 0.5) is 5.69 Å². The van der Waals surface area contributed by atoms with Crippen molar-refractivity contribution in [3.8, 4) is 5.69 Å². The Labute approximate surface area is 187 Å². The van der Waals surface area contributed by atoms with Gasteiger partial charge in [0.15, 0.2) is 5.16 Å². The average Bonchev–Trinajstić information content (AvgIpc) is 3.16. The Bertz CT molecular complexity index is 1200. The van der Waals surface area contributed by atoms with Gasteiger partial charge in [-0.05, 0) is 61.7 Å². The van der Waals surface area contributed by atoms with Crippen LogP contribution in [0.3, 0.4) is 0 Å². The highest BCUT2D eigenvalue weighted by Crippen LogP contribution is 2.24. The second-order valence-electron chi connectivity index (χ2n) is 7.53. The maximum absolute atomic E-state index is 12.6. The highest BCUT2D eigenvalue weighted by atomic mass is 32.2. The molecule has 9 heteroatoms. The fraction of sp³-hybridized carbons (Fsp3) is 0.273. The molecule has 0 saturated heterocycles. The Morgan fingerprint density at radius 1 is 1.10 bits per heavy atom. The molecule has 0 aliphatic rings. The molecule has 1 N–H and O–H groups in total. The van der Waals surface area contributed by atoms with Crippen molar-refractivity contribution in [1.29, 1.82) is 0 Å². The fourth-order valence-corrected chi connectivity index (χ4v) is 4.81. The first-order valence-corrected chi connectivity index (χ1v) is 12.1. The lowest BCUT2D eigenvalue weighted by Crippen LogP contribution is -2.22. The van der Waals surface area contributed by atoms with Gasteiger partial charge in [0.2, 0.25) is 15.9 Å². The summed E-state index contributed by atoms with van der Waals surface area (Å²) in [6.07, 6.45) is 3.58. The molecule has 0 fully saturated rings. The number of amides is 1. The van der Waals surface area contributed by atoms with Crippen molar-refractivity contribution in [2.75, 3.05) is 25.2 Å². The average molecular weight is 459 g/mol. The molecule has 3 aromatic rings. The maximum Gasteiger partial charge on any atom is 0.242 e. The third-order valence-corrected chi connectivity index (χ3v) is 7.46. The normalized spacial score (nSPS) is 11.7. The molecular formula is C22H26N4O3S2. The van der Waals surface area contributed by atoms with Crippen molar-refractivity contribution < 1.29 is 13.2 Å². The number of aryl methyl sites for hydroxylation is 3. The van der Waals surface area contributed by atoms with E-state index in [1.165, 1.54) is 38.0 Å². The van der Waals surface area contributed by atoms with E-state index < -0.39 is 10.0 Å². The number of carbonyl (C=O) groups excluding carboxylic acids is 1. The molecule has 1 heterocycles. The molecule has 0 bridgehead atoms. The van der Waals surface area contributed by atoms with Gasteiger partial charge in [-0.3, -0.25) is 9.36 Å². The van der Waals surface area contributed by atoms with Crippen LogP contribution in [-0.4, -0.2) is 48.0 Å². The maximum atomic E-state index is 12.6. The van der Waals surface area contributed by atoms with Gasteiger partial charge in [0.1, 0.15) is 0 Å². The van der Waals surface area contributed by atoms with E-state index in [1.54, 1.807) is 12.3 Å². The lowest BCUT2D eigenvalue weighted by molar-refractivity contribution is -0.113. The second kappa shape index (κ2) is 9.25. The van der Waals surface area contributed by atoms with E-state index in [9.17, 15) is 13.2 Å². The highest BCUT2D eigenvalue weighted by molar-refractivity contribution is 7.99. The summed E-state index contributed by atoms with van der Waals surface area (Å²) in [5.41, 5.74) is 4.56. The summed E-state index contributed by atoms with van der Waals surface area (Å²) in [5.74, 6) is -0.0891. The number of nitrogens with one attached hydrogen (secondary N) is 1. The quantitative estimate of drug-likeness (QED) is 0.545. The topological polar surface area (TPSA) is 84.3 Å². The van der Waals surface area contributed by atoms with Crippen molar-refractivity contribution in [2.24, 2.45) is 0 Å². The van der Waals surface area contributed by atoms with Gasteiger partial charge in [0, 0.05) is 37.9 Å². The minimum absolute atomic E-state index is 0.136. The van der Waals surface area contributed by atoms with Gasteiger partial charge in [0.05, 0.1) is 10.6 Å². The zero-order valence-corrected chi connectivity index (χ0v) is 19.8. The molecule has 1 amide bonds. The van der Waals surface area contributed by atoms with Crippen LogP contribution in [0.25, 0.3) is 5.69 Å². The molecular weight excluding hydrogens is 432 g/mol. The monoisotopic (exact) mass is 458 g/mol. The molecule has 1 aromatic heterocycles. The molecule has 0 saturated carbocycles. The number of thioether (sulfide) groups is 1. The summed E-state index contributed by atoms with van der Waals surface area (Å²) >= 11 is 1.32. The molecule has 7 nitrogen and oxygen atoms in total. The van der Waals surface area contributed by atoms with Crippen LogP contribution in [0.1, 0.15) is 16.7 Å².